The molecule has 0 bridgehead atoms. The minimum absolute atomic E-state index is 0.123. The lowest BCUT2D eigenvalue weighted by Crippen LogP contribution is -2.08. The van der Waals surface area contributed by atoms with Crippen LogP contribution < -0.4 is 0 Å². The van der Waals surface area contributed by atoms with E-state index in [0.29, 0.717) is 6.42 Å². The third-order valence-electron chi connectivity index (χ3n) is 2.76. The zero-order chi connectivity index (χ0) is 14.4. The number of hydrogen-bond donors (Lipinski definition) is 0. The zero-order valence-electron chi connectivity index (χ0n) is 10.7. The van der Waals surface area contributed by atoms with E-state index in [1.165, 1.54) is 24.3 Å². The number of ether oxygens (including phenoxy) is 1. The fourth-order valence-corrected chi connectivity index (χ4v) is 1.74. The molecule has 0 aromatic heterocycles. The first-order valence-electron chi connectivity index (χ1n) is 6.12. The van der Waals surface area contributed by atoms with E-state index in [2.05, 4.69) is 0 Å². The lowest BCUT2D eigenvalue weighted by atomic mass is 10.2. The van der Waals surface area contributed by atoms with Gasteiger partial charge in [0.15, 0.2) is 0 Å². The quantitative estimate of drug-likeness (QED) is 0.476. The average Bonchev–Trinajstić information content (AvgIpc) is 2.48. The normalized spacial score (nSPS) is 10.0. The molecule has 20 heavy (non-hydrogen) atoms. The SMILES string of the molecule is O=C(OCCc1ccccc1)c1cccc([N+](=O)[O-])c1. The van der Waals surface area contributed by atoms with Crippen molar-refractivity contribution in [2.24, 2.45) is 0 Å². The minimum Gasteiger partial charge on any atom is -0.462 e. The molecule has 2 rings (SSSR count). The van der Waals surface area contributed by atoms with Gasteiger partial charge in [-0.2, -0.15) is 0 Å². The van der Waals surface area contributed by atoms with Crippen LogP contribution in [0, 0.1) is 10.1 Å². The van der Waals surface area contributed by atoms with Gasteiger partial charge in [0, 0.05) is 18.6 Å². The van der Waals surface area contributed by atoms with Crippen LogP contribution in [0.25, 0.3) is 0 Å². The minimum atomic E-state index is -0.551. The zero-order valence-corrected chi connectivity index (χ0v) is 10.7. The van der Waals surface area contributed by atoms with Crippen LogP contribution in [0.1, 0.15) is 15.9 Å². The van der Waals surface area contributed by atoms with Gasteiger partial charge >= 0.3 is 5.97 Å². The Balaban J connectivity index is 1.92. The van der Waals surface area contributed by atoms with E-state index in [0.717, 1.165) is 5.56 Å². The molecule has 0 fully saturated rings. The van der Waals surface area contributed by atoms with Crippen molar-refractivity contribution in [3.8, 4) is 0 Å². The molecule has 0 heterocycles. The summed E-state index contributed by atoms with van der Waals surface area (Å²) in [6.07, 6.45) is 0.613. The van der Waals surface area contributed by atoms with Crippen LogP contribution in [0.15, 0.2) is 54.6 Å². The van der Waals surface area contributed by atoms with Crippen molar-refractivity contribution in [2.75, 3.05) is 6.61 Å². The first-order chi connectivity index (χ1) is 9.66. The molecular weight excluding hydrogens is 258 g/mol. The lowest BCUT2D eigenvalue weighted by Gasteiger charge is -2.05. The summed E-state index contributed by atoms with van der Waals surface area (Å²) < 4.78 is 5.11. The number of nitro groups is 1. The Morgan fingerprint density at radius 2 is 1.85 bits per heavy atom. The van der Waals surface area contributed by atoms with Crippen molar-refractivity contribution in [3.63, 3.8) is 0 Å². The second-order valence-electron chi connectivity index (χ2n) is 4.18. The van der Waals surface area contributed by atoms with Gasteiger partial charge in [-0.3, -0.25) is 10.1 Å². The van der Waals surface area contributed by atoms with Gasteiger partial charge in [0.05, 0.1) is 17.1 Å². The molecule has 2 aromatic rings. The third-order valence-corrected chi connectivity index (χ3v) is 2.76. The fourth-order valence-electron chi connectivity index (χ4n) is 1.74. The number of rotatable bonds is 5. The summed E-state index contributed by atoms with van der Waals surface area (Å²) in [5.41, 5.74) is 1.13. The summed E-state index contributed by atoms with van der Waals surface area (Å²) >= 11 is 0. The molecule has 0 unspecified atom stereocenters. The molecule has 5 heteroatoms. The number of esters is 1. The smallest absolute Gasteiger partial charge is 0.338 e. The van der Waals surface area contributed by atoms with Crippen LogP contribution in [-0.4, -0.2) is 17.5 Å². The highest BCUT2D eigenvalue weighted by atomic mass is 16.6. The van der Waals surface area contributed by atoms with Gasteiger partial charge in [0.2, 0.25) is 0 Å². The monoisotopic (exact) mass is 271 g/mol. The van der Waals surface area contributed by atoms with Gasteiger partial charge in [-0.25, -0.2) is 4.79 Å². The first-order valence-corrected chi connectivity index (χ1v) is 6.12. The van der Waals surface area contributed by atoms with Gasteiger partial charge in [-0.15, -0.1) is 0 Å². The van der Waals surface area contributed by atoms with E-state index in [9.17, 15) is 14.9 Å². The molecule has 0 aliphatic rings. The molecule has 0 radical (unpaired) electrons. The molecule has 5 nitrogen and oxygen atoms in total. The summed E-state index contributed by atoms with van der Waals surface area (Å²) in [5.74, 6) is -0.551. The Morgan fingerprint density at radius 1 is 1.10 bits per heavy atom. The molecule has 102 valence electrons. The summed E-state index contributed by atoms with van der Waals surface area (Å²) in [4.78, 5) is 21.9. The number of carbonyl (C=O) groups excluding carboxylic acids is 1. The van der Waals surface area contributed by atoms with E-state index in [-0.39, 0.29) is 17.9 Å². The lowest BCUT2D eigenvalue weighted by molar-refractivity contribution is -0.384. The van der Waals surface area contributed by atoms with Crippen LogP contribution in [0.2, 0.25) is 0 Å². The Labute approximate surface area is 116 Å². The van der Waals surface area contributed by atoms with Crippen molar-refractivity contribution in [3.05, 3.63) is 75.8 Å². The van der Waals surface area contributed by atoms with E-state index < -0.39 is 10.9 Å². The number of non-ortho nitro benzene ring substituents is 1. The number of carbonyl (C=O) groups is 1. The van der Waals surface area contributed by atoms with E-state index in [1.807, 2.05) is 30.3 Å². The highest BCUT2D eigenvalue weighted by Gasteiger charge is 2.12. The van der Waals surface area contributed by atoms with Crippen molar-refractivity contribution in [2.45, 2.75) is 6.42 Å². The Kier molecular flexibility index (Phi) is 4.44. The fraction of sp³-hybridized carbons (Fsp3) is 0.133. The predicted octanol–water partition coefficient (Wildman–Crippen LogP) is 2.99. The van der Waals surface area contributed by atoms with E-state index >= 15 is 0 Å². The van der Waals surface area contributed by atoms with E-state index in [1.54, 1.807) is 0 Å². The molecule has 0 amide bonds. The first kappa shape index (κ1) is 13.7. The molecule has 0 N–H and O–H groups in total. The highest BCUT2D eigenvalue weighted by Crippen LogP contribution is 2.14. The second kappa shape index (κ2) is 6.47. The topological polar surface area (TPSA) is 69.4 Å². The number of benzene rings is 2. The summed E-state index contributed by atoms with van der Waals surface area (Å²) in [6, 6.07) is 15.1. The number of hydrogen-bond acceptors (Lipinski definition) is 4. The summed E-state index contributed by atoms with van der Waals surface area (Å²) in [7, 11) is 0. The van der Waals surface area contributed by atoms with Crippen molar-refractivity contribution in [1.82, 2.24) is 0 Å². The molecule has 2 aromatic carbocycles. The predicted molar refractivity (Wildman–Crippen MR) is 73.5 cm³/mol. The van der Waals surface area contributed by atoms with Crippen molar-refractivity contribution in [1.29, 1.82) is 0 Å². The van der Waals surface area contributed by atoms with E-state index in [4.69, 9.17) is 4.74 Å². The second-order valence-corrected chi connectivity index (χ2v) is 4.18. The maximum absolute atomic E-state index is 11.8. The molecular formula is C15H13NO4. The molecule has 0 atom stereocenters. The number of nitrogens with zero attached hydrogens (tertiary/aromatic N) is 1. The maximum atomic E-state index is 11.8. The largest absolute Gasteiger partial charge is 0.462 e. The standard InChI is InChI=1S/C15H13NO4/c17-15(13-7-4-8-14(11-13)16(18)19)20-10-9-12-5-2-1-3-6-12/h1-8,11H,9-10H2. The Bertz CT molecular complexity index is 610. The molecule has 0 saturated carbocycles. The van der Waals surface area contributed by atoms with Crippen LogP contribution in [0.4, 0.5) is 5.69 Å². The van der Waals surface area contributed by atoms with Crippen molar-refractivity contribution < 1.29 is 14.5 Å². The van der Waals surface area contributed by atoms with Gasteiger partial charge in [-0.05, 0) is 11.6 Å². The molecule has 0 aliphatic heterocycles. The van der Waals surface area contributed by atoms with Crippen LogP contribution in [0.5, 0.6) is 0 Å². The maximum Gasteiger partial charge on any atom is 0.338 e. The number of nitro benzene ring substituents is 1. The van der Waals surface area contributed by atoms with Gasteiger partial charge in [-0.1, -0.05) is 36.4 Å². The highest BCUT2D eigenvalue weighted by molar-refractivity contribution is 5.90. The van der Waals surface area contributed by atoms with Crippen LogP contribution >= 0.6 is 0 Å². The summed E-state index contributed by atoms with van der Waals surface area (Å²) in [6.45, 7) is 0.242. The van der Waals surface area contributed by atoms with Crippen molar-refractivity contribution >= 4 is 11.7 Å². The van der Waals surface area contributed by atoms with Crippen LogP contribution in [-0.2, 0) is 11.2 Å². The Morgan fingerprint density at radius 3 is 2.55 bits per heavy atom. The van der Waals surface area contributed by atoms with Crippen LogP contribution in [0.3, 0.4) is 0 Å². The summed E-state index contributed by atoms with van der Waals surface area (Å²) in [5, 5.41) is 10.6. The molecule has 0 spiro atoms. The third kappa shape index (κ3) is 3.65. The molecule has 0 saturated heterocycles. The Hall–Kier alpha value is -2.69. The molecule has 0 aliphatic carbocycles. The van der Waals surface area contributed by atoms with Gasteiger partial charge in [0.25, 0.3) is 5.69 Å². The van der Waals surface area contributed by atoms with Gasteiger partial charge < -0.3 is 4.74 Å². The van der Waals surface area contributed by atoms with Gasteiger partial charge in [0.1, 0.15) is 0 Å². The average molecular weight is 271 g/mol.